The molecule has 0 aliphatic heterocycles. The van der Waals surface area contributed by atoms with Gasteiger partial charge in [0.05, 0.1) is 23.7 Å². The van der Waals surface area contributed by atoms with Gasteiger partial charge in [0.1, 0.15) is 11.3 Å². The van der Waals surface area contributed by atoms with E-state index in [0.29, 0.717) is 0 Å². The normalized spacial score (nSPS) is 11.6. The number of nitrogens with one attached hydrogen (secondary N) is 1. The predicted octanol–water partition coefficient (Wildman–Crippen LogP) is 3.70. The first-order valence-electron chi connectivity index (χ1n) is 9.07. The van der Waals surface area contributed by atoms with Gasteiger partial charge in [-0.2, -0.15) is 0 Å². The average Bonchev–Trinajstić information content (AvgIpc) is 2.69. The molecule has 0 amide bonds. The Balaban J connectivity index is 1.76. The van der Waals surface area contributed by atoms with Crippen LogP contribution in [0.3, 0.4) is 0 Å². The van der Waals surface area contributed by atoms with Gasteiger partial charge in [-0.1, -0.05) is 6.07 Å². The van der Waals surface area contributed by atoms with E-state index in [4.69, 9.17) is 14.7 Å². The van der Waals surface area contributed by atoms with Crippen molar-refractivity contribution in [1.29, 1.82) is 0 Å². The minimum atomic E-state index is 0.787. The van der Waals surface area contributed by atoms with E-state index in [2.05, 4.69) is 35.4 Å². The van der Waals surface area contributed by atoms with Gasteiger partial charge in [-0.15, -0.1) is 0 Å². The van der Waals surface area contributed by atoms with Crippen molar-refractivity contribution >= 4 is 38.7 Å². The summed E-state index contributed by atoms with van der Waals surface area (Å²) in [5.41, 5.74) is 3.41. The van der Waals surface area contributed by atoms with Crippen LogP contribution in [0.2, 0.25) is 0 Å². The number of pyridine rings is 1. The van der Waals surface area contributed by atoms with Crippen molar-refractivity contribution in [3.8, 4) is 5.75 Å². The maximum atomic E-state index is 5.33. The third-order valence-corrected chi connectivity index (χ3v) is 4.62. The predicted molar refractivity (Wildman–Crippen MR) is 111 cm³/mol. The van der Waals surface area contributed by atoms with Gasteiger partial charge < -0.3 is 15.0 Å². The number of hydrogen-bond acceptors (Lipinski definition) is 6. The molecule has 27 heavy (non-hydrogen) atoms. The second kappa shape index (κ2) is 7.32. The van der Waals surface area contributed by atoms with Crippen molar-refractivity contribution in [1.82, 2.24) is 19.9 Å². The third-order valence-electron chi connectivity index (χ3n) is 4.62. The molecule has 0 spiro atoms. The molecule has 0 radical (unpaired) electrons. The maximum Gasteiger partial charge on any atom is 0.154 e. The lowest BCUT2D eigenvalue weighted by atomic mass is 10.1. The Morgan fingerprint density at radius 3 is 2.63 bits per heavy atom. The highest BCUT2D eigenvalue weighted by atomic mass is 16.5. The molecule has 4 rings (SSSR count). The topological polar surface area (TPSA) is 63.2 Å². The molecule has 6 nitrogen and oxygen atoms in total. The van der Waals surface area contributed by atoms with Crippen LogP contribution in [-0.2, 0) is 0 Å². The Bertz CT molecular complexity index is 1110. The van der Waals surface area contributed by atoms with Crippen LogP contribution >= 0.6 is 0 Å². The molecule has 0 aliphatic rings. The fourth-order valence-corrected chi connectivity index (χ4v) is 3.23. The number of aromatic nitrogens is 3. The average molecular weight is 361 g/mol. The van der Waals surface area contributed by atoms with E-state index in [-0.39, 0.29) is 0 Å². The molecule has 2 aromatic heterocycles. The number of benzene rings is 2. The van der Waals surface area contributed by atoms with E-state index in [9.17, 15) is 0 Å². The van der Waals surface area contributed by atoms with Gasteiger partial charge in [0.15, 0.2) is 5.82 Å². The summed E-state index contributed by atoms with van der Waals surface area (Å²) >= 11 is 0. The maximum absolute atomic E-state index is 5.33. The summed E-state index contributed by atoms with van der Waals surface area (Å²) in [6.45, 7) is 1.88. The fourth-order valence-electron chi connectivity index (χ4n) is 3.23. The molecule has 0 aliphatic carbocycles. The van der Waals surface area contributed by atoms with Crippen molar-refractivity contribution in [2.45, 2.75) is 6.42 Å². The molecule has 0 atom stereocenters. The fraction of sp³-hybridized carbons (Fsp3) is 0.286. The first kappa shape index (κ1) is 17.4. The minimum absolute atomic E-state index is 0.787. The highest BCUT2D eigenvalue weighted by Gasteiger charge is 2.10. The van der Waals surface area contributed by atoms with Crippen molar-refractivity contribution in [3.63, 3.8) is 0 Å². The second-order valence-corrected chi connectivity index (χ2v) is 6.85. The first-order chi connectivity index (χ1) is 13.2. The molecule has 2 heterocycles. The summed E-state index contributed by atoms with van der Waals surface area (Å²) in [4.78, 5) is 16.4. The summed E-state index contributed by atoms with van der Waals surface area (Å²) in [6.07, 6.45) is 2.82. The standard InChI is InChI=1S/C21H23N5O/c1-26(2)12-4-10-22-21-20-18(9-11-23-21)24-19-16-7-6-15(27-3)13-14(16)5-8-17(19)25-20/h5-9,11,13H,4,10,12H2,1-3H3,(H,22,23). The van der Waals surface area contributed by atoms with Crippen LogP contribution < -0.4 is 10.1 Å². The summed E-state index contributed by atoms with van der Waals surface area (Å²) in [6, 6.07) is 12.0. The zero-order valence-electron chi connectivity index (χ0n) is 15.9. The van der Waals surface area contributed by atoms with Crippen molar-refractivity contribution in [2.75, 3.05) is 39.6 Å². The van der Waals surface area contributed by atoms with Gasteiger partial charge >= 0.3 is 0 Å². The van der Waals surface area contributed by atoms with Gasteiger partial charge in [-0.05, 0) is 62.8 Å². The number of ether oxygens (including phenoxy) is 1. The number of fused-ring (bicyclic) bond motifs is 4. The molecule has 0 saturated heterocycles. The molecule has 0 unspecified atom stereocenters. The SMILES string of the molecule is COc1ccc2c(ccc3nc4c(NCCCN(C)C)nccc4nc32)c1. The van der Waals surface area contributed by atoms with E-state index >= 15 is 0 Å². The van der Waals surface area contributed by atoms with E-state index in [1.165, 1.54) is 0 Å². The monoisotopic (exact) mass is 361 g/mol. The summed E-state index contributed by atoms with van der Waals surface area (Å²) in [5.74, 6) is 1.62. The van der Waals surface area contributed by atoms with Gasteiger partial charge in [0.2, 0.25) is 0 Å². The number of hydrogen-bond donors (Lipinski definition) is 1. The molecule has 0 saturated carbocycles. The molecule has 0 fully saturated rings. The van der Waals surface area contributed by atoms with E-state index in [1.807, 2.05) is 30.3 Å². The highest BCUT2D eigenvalue weighted by molar-refractivity contribution is 6.07. The van der Waals surface area contributed by atoms with Gasteiger partial charge in [0.25, 0.3) is 0 Å². The molecule has 2 aromatic carbocycles. The van der Waals surface area contributed by atoms with E-state index < -0.39 is 0 Å². The zero-order chi connectivity index (χ0) is 18.8. The van der Waals surface area contributed by atoms with Crippen LogP contribution in [0.5, 0.6) is 5.75 Å². The van der Waals surface area contributed by atoms with Crippen molar-refractivity contribution in [3.05, 3.63) is 42.6 Å². The molecular formula is C21H23N5O. The number of rotatable bonds is 6. The molecule has 138 valence electrons. The minimum Gasteiger partial charge on any atom is -0.497 e. The van der Waals surface area contributed by atoms with Crippen LogP contribution in [-0.4, -0.2) is 54.1 Å². The summed E-state index contributed by atoms with van der Waals surface area (Å²) in [5, 5.41) is 5.56. The van der Waals surface area contributed by atoms with Gasteiger partial charge in [0, 0.05) is 18.1 Å². The highest BCUT2D eigenvalue weighted by Crippen LogP contribution is 2.29. The van der Waals surface area contributed by atoms with Gasteiger partial charge in [-0.3, -0.25) is 0 Å². The Morgan fingerprint density at radius 1 is 1.00 bits per heavy atom. The number of methoxy groups -OCH3 is 1. The number of nitrogens with zero attached hydrogens (tertiary/aromatic N) is 4. The van der Waals surface area contributed by atoms with Crippen LogP contribution in [0.25, 0.3) is 32.8 Å². The zero-order valence-corrected chi connectivity index (χ0v) is 15.9. The largest absolute Gasteiger partial charge is 0.497 e. The molecule has 6 heteroatoms. The molecule has 4 aromatic rings. The first-order valence-corrected chi connectivity index (χ1v) is 9.07. The van der Waals surface area contributed by atoms with Crippen molar-refractivity contribution < 1.29 is 4.74 Å². The van der Waals surface area contributed by atoms with E-state index in [1.54, 1.807) is 13.3 Å². The summed E-state index contributed by atoms with van der Waals surface area (Å²) < 4.78 is 5.33. The Hall–Kier alpha value is -2.99. The lowest BCUT2D eigenvalue weighted by molar-refractivity contribution is 0.405. The van der Waals surface area contributed by atoms with Gasteiger partial charge in [-0.25, -0.2) is 15.0 Å². The molecule has 0 bridgehead atoms. The van der Waals surface area contributed by atoms with Crippen molar-refractivity contribution in [2.24, 2.45) is 0 Å². The second-order valence-electron chi connectivity index (χ2n) is 6.85. The number of anilines is 1. The smallest absolute Gasteiger partial charge is 0.154 e. The summed E-state index contributed by atoms with van der Waals surface area (Å²) in [7, 11) is 5.83. The van der Waals surface area contributed by atoms with Crippen LogP contribution in [0.4, 0.5) is 5.82 Å². The Labute approximate surface area is 158 Å². The lowest BCUT2D eigenvalue weighted by Crippen LogP contribution is -2.16. The Kier molecular flexibility index (Phi) is 4.73. The van der Waals surface area contributed by atoms with Crippen LogP contribution in [0, 0.1) is 0 Å². The molecular weight excluding hydrogens is 338 g/mol. The Morgan fingerprint density at radius 2 is 1.81 bits per heavy atom. The lowest BCUT2D eigenvalue weighted by Gasteiger charge is -2.12. The quantitative estimate of drug-likeness (QED) is 0.321. The van der Waals surface area contributed by atoms with E-state index in [0.717, 1.165) is 63.9 Å². The van der Waals surface area contributed by atoms with Crippen LogP contribution in [0.1, 0.15) is 6.42 Å². The molecule has 1 N–H and O–H groups in total. The van der Waals surface area contributed by atoms with Crippen LogP contribution in [0.15, 0.2) is 42.6 Å². The third kappa shape index (κ3) is 3.48.